The van der Waals surface area contributed by atoms with Crippen molar-refractivity contribution in [2.45, 2.75) is 32.7 Å². The number of piperidine rings is 1. The first-order valence-corrected chi connectivity index (χ1v) is 8.93. The maximum atomic E-state index is 11.3. The minimum Gasteiger partial charge on any atom is -0.356 e. The summed E-state index contributed by atoms with van der Waals surface area (Å²) in [6.07, 6.45) is 5.34. The number of hydrogen-bond donors (Lipinski definition) is 1. The number of carbonyl (C=O) groups excluding carboxylic acids is 1. The normalized spacial score (nSPS) is 15.1. The molecule has 1 amide bonds. The summed E-state index contributed by atoms with van der Waals surface area (Å²) in [4.78, 5) is 22.4. The molecule has 9 heteroatoms. The molecule has 27 heavy (non-hydrogen) atoms. The summed E-state index contributed by atoms with van der Waals surface area (Å²) in [5, 5.41) is 11.0. The second-order valence-corrected chi connectivity index (χ2v) is 6.61. The minimum atomic E-state index is -0.0880. The van der Waals surface area contributed by atoms with E-state index in [-0.39, 0.29) is 11.9 Å². The van der Waals surface area contributed by atoms with Crippen molar-refractivity contribution in [1.29, 1.82) is 0 Å². The summed E-state index contributed by atoms with van der Waals surface area (Å²) in [5.74, 6) is 2.67. The van der Waals surface area contributed by atoms with Gasteiger partial charge >= 0.3 is 0 Å². The van der Waals surface area contributed by atoms with Crippen LogP contribution in [0, 0.1) is 6.92 Å². The Bertz CT molecular complexity index is 923. The fourth-order valence-electron chi connectivity index (χ4n) is 3.34. The molecule has 1 aliphatic rings. The highest BCUT2D eigenvalue weighted by atomic mass is 16.5. The molecule has 0 unspecified atom stereocenters. The highest BCUT2D eigenvalue weighted by molar-refractivity contribution is 5.87. The SMILES string of the molecule is CC(=O)Nc1ccnn1C1CCN(c2ccc(-c3nc(C)no3)cn2)CC1. The lowest BCUT2D eigenvalue weighted by atomic mass is 10.1. The van der Waals surface area contributed by atoms with Gasteiger partial charge < -0.3 is 14.7 Å². The predicted molar refractivity (Wildman–Crippen MR) is 99.3 cm³/mol. The van der Waals surface area contributed by atoms with Gasteiger partial charge in [0.25, 0.3) is 5.89 Å². The summed E-state index contributed by atoms with van der Waals surface area (Å²) in [6.45, 7) is 5.03. The van der Waals surface area contributed by atoms with E-state index in [9.17, 15) is 4.79 Å². The average molecular weight is 367 g/mol. The second kappa shape index (κ2) is 7.18. The molecular formula is C18H21N7O2. The van der Waals surface area contributed by atoms with E-state index in [4.69, 9.17) is 4.52 Å². The van der Waals surface area contributed by atoms with Crippen LogP contribution in [-0.2, 0) is 4.79 Å². The van der Waals surface area contributed by atoms with Gasteiger partial charge in [-0.25, -0.2) is 9.67 Å². The van der Waals surface area contributed by atoms with Gasteiger partial charge in [0.2, 0.25) is 5.91 Å². The van der Waals surface area contributed by atoms with Crippen LogP contribution in [0.1, 0.15) is 31.6 Å². The van der Waals surface area contributed by atoms with Gasteiger partial charge in [0.15, 0.2) is 5.82 Å². The van der Waals surface area contributed by atoms with Crippen LogP contribution in [0.25, 0.3) is 11.5 Å². The first kappa shape index (κ1) is 17.2. The minimum absolute atomic E-state index is 0.0880. The Morgan fingerprint density at radius 1 is 1.26 bits per heavy atom. The lowest BCUT2D eigenvalue weighted by Gasteiger charge is -2.33. The Labute approximate surface area is 156 Å². The van der Waals surface area contributed by atoms with E-state index in [0.29, 0.717) is 11.7 Å². The fourth-order valence-corrected chi connectivity index (χ4v) is 3.34. The van der Waals surface area contributed by atoms with E-state index in [1.165, 1.54) is 6.92 Å². The van der Waals surface area contributed by atoms with Crippen molar-refractivity contribution in [3.63, 3.8) is 0 Å². The first-order valence-electron chi connectivity index (χ1n) is 8.93. The molecule has 4 rings (SSSR count). The molecule has 0 spiro atoms. The molecule has 0 aliphatic carbocycles. The van der Waals surface area contributed by atoms with Crippen molar-refractivity contribution in [3.05, 3.63) is 36.4 Å². The van der Waals surface area contributed by atoms with Crippen molar-refractivity contribution in [1.82, 2.24) is 24.9 Å². The fraction of sp³-hybridized carbons (Fsp3) is 0.389. The molecular weight excluding hydrogens is 346 g/mol. The lowest BCUT2D eigenvalue weighted by Crippen LogP contribution is -2.35. The molecule has 0 aromatic carbocycles. The maximum Gasteiger partial charge on any atom is 0.259 e. The Morgan fingerprint density at radius 3 is 2.70 bits per heavy atom. The summed E-state index contributed by atoms with van der Waals surface area (Å²) in [7, 11) is 0. The molecule has 1 saturated heterocycles. The van der Waals surface area contributed by atoms with Gasteiger partial charge in [-0.1, -0.05) is 5.16 Å². The number of amides is 1. The summed E-state index contributed by atoms with van der Waals surface area (Å²) in [6, 6.07) is 6.02. The zero-order chi connectivity index (χ0) is 18.8. The number of pyridine rings is 1. The third-order valence-electron chi connectivity index (χ3n) is 4.63. The maximum absolute atomic E-state index is 11.3. The second-order valence-electron chi connectivity index (χ2n) is 6.61. The smallest absolute Gasteiger partial charge is 0.259 e. The van der Waals surface area contributed by atoms with Crippen molar-refractivity contribution in [3.8, 4) is 11.5 Å². The predicted octanol–water partition coefficient (Wildman–Crippen LogP) is 2.44. The molecule has 4 heterocycles. The number of rotatable bonds is 4. The number of aryl methyl sites for hydroxylation is 1. The molecule has 1 aliphatic heterocycles. The topological polar surface area (TPSA) is 102 Å². The van der Waals surface area contributed by atoms with E-state index in [0.717, 1.165) is 43.1 Å². The molecule has 0 bridgehead atoms. The molecule has 1 fully saturated rings. The van der Waals surface area contributed by atoms with Crippen LogP contribution in [0.3, 0.4) is 0 Å². The van der Waals surface area contributed by atoms with Crippen LogP contribution < -0.4 is 10.2 Å². The monoisotopic (exact) mass is 367 g/mol. The van der Waals surface area contributed by atoms with Crippen LogP contribution in [0.4, 0.5) is 11.6 Å². The third-order valence-corrected chi connectivity index (χ3v) is 4.63. The van der Waals surface area contributed by atoms with Crippen molar-refractivity contribution in [2.75, 3.05) is 23.3 Å². The van der Waals surface area contributed by atoms with Crippen molar-refractivity contribution in [2.24, 2.45) is 0 Å². The molecule has 1 N–H and O–H groups in total. The Hall–Kier alpha value is -3.23. The van der Waals surface area contributed by atoms with E-state index in [2.05, 4.69) is 30.4 Å². The zero-order valence-corrected chi connectivity index (χ0v) is 15.3. The van der Waals surface area contributed by atoms with Gasteiger partial charge in [0, 0.05) is 32.3 Å². The molecule has 0 radical (unpaired) electrons. The molecule has 3 aromatic heterocycles. The van der Waals surface area contributed by atoms with E-state index in [1.54, 1.807) is 19.3 Å². The number of aromatic nitrogens is 5. The summed E-state index contributed by atoms with van der Waals surface area (Å²) >= 11 is 0. The summed E-state index contributed by atoms with van der Waals surface area (Å²) < 4.78 is 7.09. The van der Waals surface area contributed by atoms with Crippen LogP contribution in [0.5, 0.6) is 0 Å². The van der Waals surface area contributed by atoms with Crippen LogP contribution >= 0.6 is 0 Å². The molecule has 140 valence electrons. The quantitative estimate of drug-likeness (QED) is 0.755. The Kier molecular flexibility index (Phi) is 4.57. The average Bonchev–Trinajstić information content (AvgIpc) is 3.31. The van der Waals surface area contributed by atoms with Crippen LogP contribution in [-0.4, -0.2) is 43.9 Å². The number of carbonyl (C=O) groups is 1. The van der Waals surface area contributed by atoms with Crippen molar-refractivity contribution < 1.29 is 9.32 Å². The lowest BCUT2D eigenvalue weighted by molar-refractivity contribution is -0.114. The van der Waals surface area contributed by atoms with Crippen LogP contribution in [0.2, 0.25) is 0 Å². The van der Waals surface area contributed by atoms with Gasteiger partial charge in [-0.15, -0.1) is 0 Å². The van der Waals surface area contributed by atoms with Crippen LogP contribution in [0.15, 0.2) is 35.1 Å². The van der Waals surface area contributed by atoms with E-state index >= 15 is 0 Å². The molecule has 3 aromatic rings. The van der Waals surface area contributed by atoms with Gasteiger partial charge in [0.1, 0.15) is 11.6 Å². The molecule has 0 saturated carbocycles. The van der Waals surface area contributed by atoms with Gasteiger partial charge in [-0.3, -0.25) is 4.79 Å². The van der Waals surface area contributed by atoms with E-state index < -0.39 is 0 Å². The summed E-state index contributed by atoms with van der Waals surface area (Å²) in [5.41, 5.74) is 0.811. The first-order chi connectivity index (χ1) is 13.1. The van der Waals surface area contributed by atoms with E-state index in [1.807, 2.05) is 22.9 Å². The number of anilines is 2. The number of hydrogen-bond acceptors (Lipinski definition) is 7. The highest BCUT2D eigenvalue weighted by Gasteiger charge is 2.23. The highest BCUT2D eigenvalue weighted by Crippen LogP contribution is 2.28. The zero-order valence-electron chi connectivity index (χ0n) is 15.3. The van der Waals surface area contributed by atoms with Gasteiger partial charge in [0.05, 0.1) is 17.8 Å². The van der Waals surface area contributed by atoms with Crippen molar-refractivity contribution >= 4 is 17.5 Å². The van der Waals surface area contributed by atoms with Gasteiger partial charge in [-0.2, -0.15) is 10.1 Å². The molecule has 0 atom stereocenters. The standard InChI is InChI=1S/C18H21N7O2/c1-12-21-18(27-23-12)14-3-4-16(19-11-14)24-9-6-15(7-10-24)25-17(5-8-20-25)22-13(2)26/h3-5,8,11,15H,6-7,9-10H2,1-2H3,(H,22,26). The largest absolute Gasteiger partial charge is 0.356 e. The number of nitrogens with one attached hydrogen (secondary N) is 1. The Balaban J connectivity index is 1.41. The third kappa shape index (κ3) is 3.67. The van der Waals surface area contributed by atoms with Gasteiger partial charge in [-0.05, 0) is 31.9 Å². The number of nitrogens with zero attached hydrogens (tertiary/aromatic N) is 6. The molecule has 9 nitrogen and oxygen atoms in total. The Morgan fingerprint density at radius 2 is 2.07 bits per heavy atom.